The summed E-state index contributed by atoms with van der Waals surface area (Å²) in [5.74, 6) is 6.66. The van der Waals surface area contributed by atoms with Gasteiger partial charge in [0.15, 0.2) is 0 Å². The smallest absolute Gasteiger partial charge is 0.251 e. The van der Waals surface area contributed by atoms with Crippen LogP contribution in [-0.4, -0.2) is 36.1 Å². The average molecular weight is 368 g/mol. The Hall–Kier alpha value is -3.15. The molecule has 0 bridgehead atoms. The van der Waals surface area contributed by atoms with Gasteiger partial charge in [-0.25, -0.2) is 4.98 Å². The lowest BCUT2D eigenvalue weighted by molar-refractivity contribution is 0.184. The van der Waals surface area contributed by atoms with E-state index in [2.05, 4.69) is 22.0 Å². The van der Waals surface area contributed by atoms with Gasteiger partial charge in [-0.1, -0.05) is 11.1 Å². The standard InChI is InChI=1S/C19H20N4O4/c1-14(25)19-20-6-9-23(19)13-16-12-17(27-21-16)4-3-15-5-8-22(7-2-10-24)18(26)11-15/h5-6,8-9,11-12,14,24-25H,2,7,10,13H2,1H3/t14-/m0/s1. The number of aliphatic hydroxyl groups is 2. The Bertz CT molecular complexity index is 1020. The van der Waals surface area contributed by atoms with E-state index >= 15 is 0 Å². The van der Waals surface area contributed by atoms with Gasteiger partial charge < -0.3 is 23.9 Å². The zero-order valence-electron chi connectivity index (χ0n) is 14.9. The summed E-state index contributed by atoms with van der Waals surface area (Å²) >= 11 is 0. The summed E-state index contributed by atoms with van der Waals surface area (Å²) in [4.78, 5) is 16.1. The Kier molecular flexibility index (Phi) is 5.86. The molecule has 8 nitrogen and oxygen atoms in total. The van der Waals surface area contributed by atoms with Crippen LogP contribution in [0.25, 0.3) is 0 Å². The molecule has 0 radical (unpaired) electrons. The molecule has 0 aromatic carbocycles. The van der Waals surface area contributed by atoms with Crippen LogP contribution in [0.15, 0.2) is 46.1 Å². The fraction of sp³-hybridized carbons (Fsp3) is 0.316. The molecular formula is C19H20N4O4. The third-order valence-electron chi connectivity index (χ3n) is 3.90. The quantitative estimate of drug-likeness (QED) is 0.627. The maximum atomic E-state index is 12.0. The fourth-order valence-corrected chi connectivity index (χ4v) is 2.59. The number of hydrogen-bond acceptors (Lipinski definition) is 6. The summed E-state index contributed by atoms with van der Waals surface area (Å²) in [7, 11) is 0. The molecule has 0 aliphatic heterocycles. The first-order chi connectivity index (χ1) is 13.1. The van der Waals surface area contributed by atoms with Gasteiger partial charge in [0.05, 0.1) is 6.54 Å². The van der Waals surface area contributed by atoms with Crippen LogP contribution in [0.5, 0.6) is 0 Å². The van der Waals surface area contributed by atoms with E-state index < -0.39 is 6.10 Å². The number of nitrogens with zero attached hydrogens (tertiary/aromatic N) is 4. The third-order valence-corrected chi connectivity index (χ3v) is 3.90. The first kappa shape index (κ1) is 18.6. The molecule has 0 unspecified atom stereocenters. The number of aryl methyl sites for hydroxylation is 1. The summed E-state index contributed by atoms with van der Waals surface area (Å²) in [5, 5.41) is 22.5. The van der Waals surface area contributed by atoms with Crippen molar-refractivity contribution in [2.45, 2.75) is 32.5 Å². The first-order valence-corrected chi connectivity index (χ1v) is 8.55. The average Bonchev–Trinajstić information content (AvgIpc) is 3.29. The number of aliphatic hydroxyl groups excluding tert-OH is 2. The van der Waals surface area contributed by atoms with Crippen LogP contribution in [0.1, 0.15) is 42.3 Å². The molecule has 0 aliphatic rings. The van der Waals surface area contributed by atoms with Crippen molar-refractivity contribution in [1.29, 1.82) is 0 Å². The normalized spacial score (nSPS) is 11.8. The van der Waals surface area contributed by atoms with Gasteiger partial charge in [0.2, 0.25) is 5.76 Å². The van der Waals surface area contributed by atoms with Gasteiger partial charge in [0.1, 0.15) is 17.6 Å². The third kappa shape index (κ3) is 4.73. The Morgan fingerprint density at radius 3 is 2.85 bits per heavy atom. The van der Waals surface area contributed by atoms with E-state index in [1.807, 2.05) is 0 Å². The van der Waals surface area contributed by atoms with Crippen LogP contribution >= 0.6 is 0 Å². The Balaban J connectivity index is 1.70. The van der Waals surface area contributed by atoms with Gasteiger partial charge in [0, 0.05) is 49.4 Å². The second-order valence-electron chi connectivity index (χ2n) is 6.05. The Labute approximate surface area is 155 Å². The zero-order valence-corrected chi connectivity index (χ0v) is 14.9. The monoisotopic (exact) mass is 368 g/mol. The maximum absolute atomic E-state index is 12.0. The van der Waals surface area contributed by atoms with Crippen LogP contribution < -0.4 is 5.56 Å². The minimum absolute atomic E-state index is 0.0413. The molecule has 8 heteroatoms. The van der Waals surface area contributed by atoms with Crippen molar-refractivity contribution in [1.82, 2.24) is 19.3 Å². The minimum atomic E-state index is -0.675. The summed E-state index contributed by atoms with van der Waals surface area (Å²) < 4.78 is 8.52. The molecule has 0 amide bonds. The van der Waals surface area contributed by atoms with Gasteiger partial charge in [0.25, 0.3) is 5.56 Å². The second kappa shape index (κ2) is 8.49. The van der Waals surface area contributed by atoms with Crippen molar-refractivity contribution < 1.29 is 14.7 Å². The number of hydrogen-bond donors (Lipinski definition) is 2. The van der Waals surface area contributed by atoms with E-state index in [9.17, 15) is 9.90 Å². The largest absolute Gasteiger partial charge is 0.396 e. The van der Waals surface area contributed by atoms with E-state index in [1.54, 1.807) is 42.2 Å². The number of rotatable bonds is 6. The molecule has 0 saturated heterocycles. The summed E-state index contributed by atoms with van der Waals surface area (Å²) in [6.45, 7) is 2.57. The number of aromatic nitrogens is 4. The van der Waals surface area contributed by atoms with Crippen molar-refractivity contribution in [2.75, 3.05) is 6.61 Å². The van der Waals surface area contributed by atoms with Crippen molar-refractivity contribution in [3.05, 3.63) is 70.0 Å². The summed E-state index contributed by atoms with van der Waals surface area (Å²) in [6, 6.07) is 4.90. The molecule has 27 heavy (non-hydrogen) atoms. The zero-order chi connectivity index (χ0) is 19.2. The minimum Gasteiger partial charge on any atom is -0.396 e. The lowest BCUT2D eigenvalue weighted by Crippen LogP contribution is -2.19. The molecule has 3 aromatic rings. The van der Waals surface area contributed by atoms with Gasteiger partial charge in [-0.3, -0.25) is 4.79 Å². The van der Waals surface area contributed by atoms with Crippen molar-refractivity contribution in [3.63, 3.8) is 0 Å². The van der Waals surface area contributed by atoms with Gasteiger partial charge >= 0.3 is 0 Å². The molecule has 0 aliphatic carbocycles. The van der Waals surface area contributed by atoms with Crippen LogP contribution in [0.3, 0.4) is 0 Å². The van der Waals surface area contributed by atoms with E-state index in [1.165, 1.54) is 10.6 Å². The maximum Gasteiger partial charge on any atom is 0.251 e. The van der Waals surface area contributed by atoms with Crippen LogP contribution in [0.2, 0.25) is 0 Å². The molecule has 1 atom stereocenters. The summed E-state index contributed by atoms with van der Waals surface area (Å²) in [6.07, 6.45) is 4.88. The molecular weight excluding hydrogens is 348 g/mol. The molecule has 0 fully saturated rings. The molecule has 3 rings (SSSR count). The van der Waals surface area contributed by atoms with Crippen LogP contribution in [0.4, 0.5) is 0 Å². The SMILES string of the molecule is C[C@H](O)c1nccn1Cc1cc(C#Cc2ccn(CCCO)c(=O)c2)on1. The highest BCUT2D eigenvalue weighted by Crippen LogP contribution is 2.12. The molecule has 2 N–H and O–H groups in total. The van der Waals surface area contributed by atoms with E-state index in [0.717, 1.165) is 0 Å². The second-order valence-corrected chi connectivity index (χ2v) is 6.05. The van der Waals surface area contributed by atoms with Crippen molar-refractivity contribution in [3.8, 4) is 11.8 Å². The van der Waals surface area contributed by atoms with Crippen LogP contribution in [0, 0.1) is 11.8 Å². The lowest BCUT2D eigenvalue weighted by atomic mass is 10.2. The predicted octanol–water partition coefficient (Wildman–Crippen LogP) is 0.917. The highest BCUT2D eigenvalue weighted by Gasteiger charge is 2.11. The van der Waals surface area contributed by atoms with Crippen LogP contribution in [-0.2, 0) is 13.1 Å². The molecule has 0 saturated carbocycles. The van der Waals surface area contributed by atoms with Crippen molar-refractivity contribution in [2.24, 2.45) is 0 Å². The molecule has 0 spiro atoms. The van der Waals surface area contributed by atoms with Crippen molar-refractivity contribution >= 4 is 0 Å². The number of pyridine rings is 1. The van der Waals surface area contributed by atoms with E-state index in [4.69, 9.17) is 9.63 Å². The molecule has 3 heterocycles. The van der Waals surface area contributed by atoms with Gasteiger partial charge in [-0.05, 0) is 25.3 Å². The van der Waals surface area contributed by atoms with Gasteiger partial charge in [-0.2, -0.15) is 0 Å². The predicted molar refractivity (Wildman–Crippen MR) is 96.9 cm³/mol. The van der Waals surface area contributed by atoms with E-state index in [-0.39, 0.29) is 12.2 Å². The topological polar surface area (TPSA) is 106 Å². The highest BCUT2D eigenvalue weighted by molar-refractivity contribution is 5.38. The van der Waals surface area contributed by atoms with Gasteiger partial charge in [-0.15, -0.1) is 0 Å². The summed E-state index contributed by atoms with van der Waals surface area (Å²) in [5.41, 5.74) is 1.06. The first-order valence-electron chi connectivity index (χ1n) is 8.55. The lowest BCUT2D eigenvalue weighted by Gasteiger charge is -2.07. The highest BCUT2D eigenvalue weighted by atomic mass is 16.5. The molecule has 140 valence electrons. The Morgan fingerprint density at radius 1 is 1.26 bits per heavy atom. The van der Waals surface area contributed by atoms with E-state index in [0.29, 0.717) is 42.4 Å². The number of imidazole rings is 1. The fourth-order valence-electron chi connectivity index (χ4n) is 2.59. The molecule has 3 aromatic heterocycles. The Morgan fingerprint density at radius 2 is 2.11 bits per heavy atom.